The van der Waals surface area contributed by atoms with Crippen LogP contribution in [-0.2, 0) is 4.79 Å². The van der Waals surface area contributed by atoms with E-state index in [9.17, 15) is 4.79 Å². The molecule has 0 spiro atoms. The Morgan fingerprint density at radius 3 is 2.83 bits per heavy atom. The van der Waals surface area contributed by atoms with Gasteiger partial charge in [-0.3, -0.25) is 4.79 Å². The van der Waals surface area contributed by atoms with Crippen molar-refractivity contribution < 1.29 is 9.21 Å². The second kappa shape index (κ2) is 4.21. The highest BCUT2D eigenvalue weighted by molar-refractivity contribution is 5.86. The molecule has 0 radical (unpaired) electrons. The number of carbonyl (C=O) groups is 1. The predicted molar refractivity (Wildman–Crippen MR) is 69.9 cm³/mol. The zero-order valence-electron chi connectivity index (χ0n) is 10.4. The molecule has 0 aliphatic heterocycles. The summed E-state index contributed by atoms with van der Waals surface area (Å²) in [5.74, 6) is -0.386. The van der Waals surface area contributed by atoms with E-state index < -0.39 is 5.54 Å². The number of nitrogens with zero attached hydrogens (tertiary/aromatic N) is 1. The standard InChI is InChI=1S/C12H16N4O2/c1-12(2,6-9(14)17)16-11-15-10-7(13)4-3-5-8(10)18-11/h3-5H,6,13H2,1-2H3,(H2,14,17)(H,15,16). The van der Waals surface area contributed by atoms with Crippen molar-refractivity contribution in [3.63, 3.8) is 0 Å². The van der Waals surface area contributed by atoms with Gasteiger partial charge >= 0.3 is 0 Å². The van der Waals surface area contributed by atoms with Crippen LogP contribution in [0.25, 0.3) is 11.1 Å². The Labute approximate surface area is 104 Å². The van der Waals surface area contributed by atoms with Gasteiger partial charge in [0.2, 0.25) is 5.91 Å². The number of amides is 1. The molecular formula is C12H16N4O2. The smallest absolute Gasteiger partial charge is 0.296 e. The second-order valence-electron chi connectivity index (χ2n) is 4.86. The first-order valence-electron chi connectivity index (χ1n) is 5.59. The monoisotopic (exact) mass is 248 g/mol. The van der Waals surface area contributed by atoms with Gasteiger partial charge in [-0.25, -0.2) is 0 Å². The molecule has 1 amide bonds. The summed E-state index contributed by atoms with van der Waals surface area (Å²) in [6.07, 6.45) is 0.182. The topological polar surface area (TPSA) is 107 Å². The summed E-state index contributed by atoms with van der Waals surface area (Å²) in [5.41, 5.74) is 12.2. The van der Waals surface area contributed by atoms with Crippen LogP contribution in [0.3, 0.4) is 0 Å². The lowest BCUT2D eigenvalue weighted by atomic mass is 10.0. The Morgan fingerprint density at radius 2 is 2.22 bits per heavy atom. The second-order valence-corrected chi connectivity index (χ2v) is 4.86. The number of para-hydroxylation sites is 1. The van der Waals surface area contributed by atoms with Crippen LogP contribution >= 0.6 is 0 Å². The maximum atomic E-state index is 10.9. The van der Waals surface area contributed by atoms with Gasteiger partial charge in [0.1, 0.15) is 5.52 Å². The minimum atomic E-state index is -0.526. The number of rotatable bonds is 4. The van der Waals surface area contributed by atoms with Crippen LogP contribution in [0.5, 0.6) is 0 Å². The van der Waals surface area contributed by atoms with Gasteiger partial charge in [0.15, 0.2) is 5.58 Å². The number of fused-ring (bicyclic) bond motifs is 1. The number of nitrogens with one attached hydrogen (secondary N) is 1. The fraction of sp³-hybridized carbons (Fsp3) is 0.333. The number of aromatic nitrogens is 1. The molecule has 0 fully saturated rings. The van der Waals surface area contributed by atoms with Gasteiger partial charge in [0.25, 0.3) is 6.01 Å². The van der Waals surface area contributed by atoms with Crippen LogP contribution in [0.4, 0.5) is 11.7 Å². The minimum Gasteiger partial charge on any atom is -0.423 e. The molecule has 96 valence electrons. The number of hydrogen-bond acceptors (Lipinski definition) is 5. The lowest BCUT2D eigenvalue weighted by molar-refractivity contribution is -0.118. The summed E-state index contributed by atoms with van der Waals surface area (Å²) in [4.78, 5) is 15.2. The van der Waals surface area contributed by atoms with Gasteiger partial charge in [-0.15, -0.1) is 0 Å². The van der Waals surface area contributed by atoms with Crippen molar-refractivity contribution in [3.05, 3.63) is 18.2 Å². The van der Waals surface area contributed by atoms with Crippen molar-refractivity contribution in [2.75, 3.05) is 11.1 Å². The van der Waals surface area contributed by atoms with Crippen molar-refractivity contribution >= 4 is 28.7 Å². The number of anilines is 2. The van der Waals surface area contributed by atoms with Crippen molar-refractivity contribution in [1.82, 2.24) is 4.98 Å². The average molecular weight is 248 g/mol. The molecule has 0 saturated heterocycles. The molecule has 0 aliphatic carbocycles. The number of carbonyl (C=O) groups excluding carboxylic acids is 1. The number of benzene rings is 1. The van der Waals surface area contributed by atoms with Gasteiger partial charge in [-0.05, 0) is 26.0 Å². The summed E-state index contributed by atoms with van der Waals surface area (Å²) < 4.78 is 5.51. The van der Waals surface area contributed by atoms with E-state index in [4.69, 9.17) is 15.9 Å². The third-order valence-electron chi connectivity index (χ3n) is 2.51. The van der Waals surface area contributed by atoms with E-state index in [2.05, 4.69) is 10.3 Å². The maximum Gasteiger partial charge on any atom is 0.296 e. The summed E-state index contributed by atoms with van der Waals surface area (Å²) in [5, 5.41) is 3.03. The molecule has 1 aromatic heterocycles. The first kappa shape index (κ1) is 12.2. The first-order valence-corrected chi connectivity index (χ1v) is 5.59. The van der Waals surface area contributed by atoms with E-state index >= 15 is 0 Å². The van der Waals surface area contributed by atoms with E-state index in [0.29, 0.717) is 22.8 Å². The molecule has 0 aliphatic rings. The molecule has 1 heterocycles. The highest BCUT2D eigenvalue weighted by Crippen LogP contribution is 2.26. The summed E-state index contributed by atoms with van der Waals surface area (Å²) in [7, 11) is 0. The molecule has 0 bridgehead atoms. The lowest BCUT2D eigenvalue weighted by Crippen LogP contribution is -2.36. The van der Waals surface area contributed by atoms with Gasteiger partial charge in [0.05, 0.1) is 5.69 Å². The minimum absolute atomic E-state index is 0.182. The molecule has 5 N–H and O–H groups in total. The van der Waals surface area contributed by atoms with E-state index in [1.807, 2.05) is 13.8 Å². The Balaban J connectivity index is 2.27. The third kappa shape index (κ3) is 2.53. The quantitative estimate of drug-likeness (QED) is 0.710. The number of primary amides is 1. The van der Waals surface area contributed by atoms with Crippen LogP contribution in [0, 0.1) is 0 Å². The van der Waals surface area contributed by atoms with Gasteiger partial charge in [0, 0.05) is 12.0 Å². The van der Waals surface area contributed by atoms with Gasteiger partial charge < -0.3 is 21.2 Å². The third-order valence-corrected chi connectivity index (χ3v) is 2.51. The molecule has 6 nitrogen and oxygen atoms in total. The zero-order chi connectivity index (χ0) is 13.3. The molecule has 1 aromatic carbocycles. The number of oxazole rings is 1. The predicted octanol–water partition coefficient (Wildman–Crippen LogP) is 1.48. The number of nitrogens with two attached hydrogens (primary N) is 2. The normalized spacial score (nSPS) is 11.7. The molecular weight excluding hydrogens is 232 g/mol. The van der Waals surface area contributed by atoms with E-state index in [1.54, 1.807) is 18.2 Å². The molecule has 2 rings (SSSR count). The maximum absolute atomic E-state index is 10.9. The molecule has 0 atom stereocenters. The van der Waals surface area contributed by atoms with Crippen LogP contribution < -0.4 is 16.8 Å². The Morgan fingerprint density at radius 1 is 1.50 bits per heavy atom. The molecule has 0 unspecified atom stereocenters. The van der Waals surface area contributed by atoms with E-state index in [0.717, 1.165) is 0 Å². The molecule has 0 saturated carbocycles. The first-order chi connectivity index (χ1) is 8.37. The largest absolute Gasteiger partial charge is 0.423 e. The zero-order valence-corrected chi connectivity index (χ0v) is 10.4. The Bertz CT molecular complexity index is 589. The fourth-order valence-electron chi connectivity index (χ4n) is 1.79. The van der Waals surface area contributed by atoms with E-state index in [-0.39, 0.29) is 12.3 Å². The van der Waals surface area contributed by atoms with Crippen molar-refractivity contribution in [1.29, 1.82) is 0 Å². The van der Waals surface area contributed by atoms with Crippen LogP contribution in [0.15, 0.2) is 22.6 Å². The van der Waals surface area contributed by atoms with Crippen LogP contribution in [-0.4, -0.2) is 16.4 Å². The summed E-state index contributed by atoms with van der Waals surface area (Å²) >= 11 is 0. The van der Waals surface area contributed by atoms with Gasteiger partial charge in [-0.1, -0.05) is 6.07 Å². The lowest BCUT2D eigenvalue weighted by Gasteiger charge is -2.23. The number of hydrogen-bond donors (Lipinski definition) is 3. The van der Waals surface area contributed by atoms with Crippen molar-refractivity contribution in [2.24, 2.45) is 5.73 Å². The molecule has 18 heavy (non-hydrogen) atoms. The Hall–Kier alpha value is -2.24. The van der Waals surface area contributed by atoms with Crippen LogP contribution in [0.2, 0.25) is 0 Å². The number of nitrogen functional groups attached to an aromatic ring is 1. The van der Waals surface area contributed by atoms with Crippen LogP contribution in [0.1, 0.15) is 20.3 Å². The average Bonchev–Trinajstić information content (AvgIpc) is 2.58. The van der Waals surface area contributed by atoms with Gasteiger partial charge in [-0.2, -0.15) is 4.98 Å². The molecule has 2 aromatic rings. The fourth-order valence-corrected chi connectivity index (χ4v) is 1.79. The Kier molecular flexibility index (Phi) is 2.86. The molecule has 6 heteroatoms. The van der Waals surface area contributed by atoms with Crippen molar-refractivity contribution in [3.8, 4) is 0 Å². The highest BCUT2D eigenvalue weighted by Gasteiger charge is 2.22. The highest BCUT2D eigenvalue weighted by atomic mass is 16.4. The summed E-state index contributed by atoms with van der Waals surface area (Å²) in [6, 6.07) is 5.66. The SMILES string of the molecule is CC(C)(CC(N)=O)Nc1nc2c(N)cccc2o1. The summed E-state index contributed by atoms with van der Waals surface area (Å²) in [6.45, 7) is 3.69. The van der Waals surface area contributed by atoms with E-state index in [1.165, 1.54) is 0 Å². The van der Waals surface area contributed by atoms with Crippen molar-refractivity contribution in [2.45, 2.75) is 25.8 Å².